The van der Waals surface area contributed by atoms with Gasteiger partial charge >= 0.3 is 18.3 Å². The van der Waals surface area contributed by atoms with Crippen molar-refractivity contribution in [1.82, 2.24) is 0 Å². The highest BCUT2D eigenvalue weighted by Crippen LogP contribution is 2.40. The molecule has 1 aliphatic heterocycles. The number of ether oxygens (including phenoxy) is 3. The Morgan fingerprint density at radius 3 is 2.50 bits per heavy atom. The predicted molar refractivity (Wildman–Crippen MR) is 67.1 cm³/mol. The molecule has 2 rings (SSSR count). The maximum atomic E-state index is 12.7. The van der Waals surface area contributed by atoms with Gasteiger partial charge in [0.1, 0.15) is 11.9 Å². The van der Waals surface area contributed by atoms with Gasteiger partial charge in [-0.15, -0.1) is 0 Å². The third kappa shape index (κ3) is 3.88. The van der Waals surface area contributed by atoms with Gasteiger partial charge in [0.25, 0.3) is 0 Å². The van der Waals surface area contributed by atoms with Crippen molar-refractivity contribution in [2.24, 2.45) is 0 Å². The topological polar surface area (TPSA) is 48.1 Å². The lowest BCUT2D eigenvalue weighted by Gasteiger charge is -2.15. The van der Waals surface area contributed by atoms with Crippen molar-refractivity contribution in [3.05, 3.63) is 29.8 Å². The van der Waals surface area contributed by atoms with Gasteiger partial charge in [-0.3, -0.25) is 0 Å². The van der Waals surface area contributed by atoms with Gasteiger partial charge < -0.3 is 14.2 Å². The van der Waals surface area contributed by atoms with Crippen LogP contribution < -0.4 is 4.74 Å². The summed E-state index contributed by atoms with van der Waals surface area (Å²) in [5.74, 6) is -4.64. The zero-order chi connectivity index (χ0) is 16.3. The zero-order valence-electron chi connectivity index (χ0n) is 11.6. The SMILES string of the molecule is CCOC(=O)[C@@H]1OC1c1ccc(OCC(F)(F)C(F)F)cc1. The Hall–Kier alpha value is -1.83. The fraction of sp³-hybridized carbons (Fsp3) is 0.500. The summed E-state index contributed by atoms with van der Waals surface area (Å²) in [6.45, 7) is 0.516. The fourth-order valence-electron chi connectivity index (χ4n) is 1.77. The zero-order valence-corrected chi connectivity index (χ0v) is 11.6. The molecular weight excluding hydrogens is 308 g/mol. The summed E-state index contributed by atoms with van der Waals surface area (Å²) in [5.41, 5.74) is 0.644. The van der Waals surface area contributed by atoms with Crippen LogP contribution in [0.1, 0.15) is 18.6 Å². The minimum Gasteiger partial charge on any atom is -0.487 e. The first-order valence-electron chi connectivity index (χ1n) is 6.56. The Morgan fingerprint density at radius 1 is 1.32 bits per heavy atom. The molecule has 0 saturated carbocycles. The first kappa shape index (κ1) is 16.5. The third-order valence-electron chi connectivity index (χ3n) is 2.97. The second-order valence-corrected chi connectivity index (χ2v) is 4.65. The maximum absolute atomic E-state index is 12.7. The molecule has 22 heavy (non-hydrogen) atoms. The number of rotatable bonds is 7. The lowest BCUT2D eigenvalue weighted by atomic mass is 10.1. The summed E-state index contributed by atoms with van der Waals surface area (Å²) < 4.78 is 64.0. The van der Waals surface area contributed by atoms with Crippen LogP contribution in [0.4, 0.5) is 17.6 Å². The van der Waals surface area contributed by atoms with Crippen molar-refractivity contribution in [1.29, 1.82) is 0 Å². The molecule has 0 radical (unpaired) electrons. The first-order valence-corrected chi connectivity index (χ1v) is 6.56. The van der Waals surface area contributed by atoms with Crippen molar-refractivity contribution >= 4 is 5.97 Å². The summed E-state index contributed by atoms with van der Waals surface area (Å²) in [6.07, 6.45) is -4.90. The van der Waals surface area contributed by atoms with E-state index < -0.39 is 37.1 Å². The fourth-order valence-corrected chi connectivity index (χ4v) is 1.77. The smallest absolute Gasteiger partial charge is 0.340 e. The second kappa shape index (κ2) is 6.51. The number of hydrogen-bond acceptors (Lipinski definition) is 4. The molecule has 1 aromatic rings. The van der Waals surface area contributed by atoms with Crippen LogP contribution >= 0.6 is 0 Å². The minimum absolute atomic E-state index is 0.0254. The standard InChI is InChI=1S/C14H14F4O4/c1-2-20-12(19)11-10(22-11)8-3-5-9(6-4-8)21-7-14(17,18)13(15)16/h3-6,10-11,13H,2,7H2,1H3/t10?,11-/m1/s1. The Bertz CT molecular complexity index is 518. The molecule has 2 atom stereocenters. The van der Waals surface area contributed by atoms with Gasteiger partial charge in [0.05, 0.1) is 6.61 Å². The molecule has 0 aliphatic carbocycles. The molecule has 1 fully saturated rings. The molecule has 4 nitrogen and oxygen atoms in total. The van der Waals surface area contributed by atoms with E-state index in [0.717, 1.165) is 0 Å². The number of halogens is 4. The van der Waals surface area contributed by atoms with Crippen molar-refractivity contribution in [2.45, 2.75) is 31.5 Å². The highest BCUT2D eigenvalue weighted by atomic mass is 19.3. The Balaban J connectivity index is 1.88. The second-order valence-electron chi connectivity index (χ2n) is 4.65. The van der Waals surface area contributed by atoms with E-state index in [0.29, 0.717) is 5.56 Å². The van der Waals surface area contributed by atoms with E-state index >= 15 is 0 Å². The van der Waals surface area contributed by atoms with Crippen LogP contribution in [0.15, 0.2) is 24.3 Å². The summed E-state index contributed by atoms with van der Waals surface area (Å²) >= 11 is 0. The first-order chi connectivity index (χ1) is 10.3. The van der Waals surface area contributed by atoms with Crippen molar-refractivity contribution in [3.8, 4) is 5.75 Å². The molecular formula is C14H14F4O4. The molecule has 0 spiro atoms. The van der Waals surface area contributed by atoms with E-state index in [1.54, 1.807) is 6.92 Å². The Kier molecular flexibility index (Phi) is 4.90. The Morgan fingerprint density at radius 2 is 1.95 bits per heavy atom. The van der Waals surface area contributed by atoms with Gasteiger partial charge in [-0.2, -0.15) is 8.78 Å². The van der Waals surface area contributed by atoms with E-state index in [9.17, 15) is 22.4 Å². The van der Waals surface area contributed by atoms with Gasteiger partial charge in [0, 0.05) is 0 Å². The normalized spacial score (nSPS) is 20.8. The molecule has 1 unspecified atom stereocenters. The van der Waals surface area contributed by atoms with Gasteiger partial charge in [-0.1, -0.05) is 12.1 Å². The van der Waals surface area contributed by atoms with E-state index in [4.69, 9.17) is 9.47 Å². The van der Waals surface area contributed by atoms with Crippen LogP contribution in [0.5, 0.6) is 5.75 Å². The summed E-state index contributed by atoms with van der Waals surface area (Å²) in [7, 11) is 0. The number of alkyl halides is 4. The number of carbonyl (C=O) groups is 1. The van der Waals surface area contributed by atoms with Gasteiger partial charge in [-0.05, 0) is 24.6 Å². The van der Waals surface area contributed by atoms with Crippen molar-refractivity contribution in [3.63, 3.8) is 0 Å². The van der Waals surface area contributed by atoms with Crippen LogP contribution in [-0.2, 0) is 14.3 Å². The van der Waals surface area contributed by atoms with E-state index in [-0.39, 0.29) is 12.4 Å². The van der Waals surface area contributed by atoms with Crippen LogP contribution in [0, 0.1) is 0 Å². The van der Waals surface area contributed by atoms with E-state index in [2.05, 4.69) is 4.74 Å². The number of hydrogen-bond donors (Lipinski definition) is 0. The lowest BCUT2D eigenvalue weighted by Crippen LogP contribution is -2.33. The highest BCUT2D eigenvalue weighted by Gasteiger charge is 2.47. The average Bonchev–Trinajstić information content (AvgIpc) is 3.26. The quantitative estimate of drug-likeness (QED) is 0.440. The molecule has 1 heterocycles. The van der Waals surface area contributed by atoms with Crippen molar-refractivity contribution < 1.29 is 36.6 Å². The molecule has 1 aromatic carbocycles. The van der Waals surface area contributed by atoms with Crippen LogP contribution in [-0.4, -0.2) is 37.6 Å². The van der Waals surface area contributed by atoms with E-state index in [1.165, 1.54) is 24.3 Å². The van der Waals surface area contributed by atoms with Gasteiger partial charge in [-0.25, -0.2) is 13.6 Å². The number of benzene rings is 1. The summed E-state index contributed by atoms with van der Waals surface area (Å²) in [5, 5.41) is 0. The summed E-state index contributed by atoms with van der Waals surface area (Å²) in [6, 6.07) is 5.72. The van der Waals surface area contributed by atoms with Crippen molar-refractivity contribution in [2.75, 3.05) is 13.2 Å². The average molecular weight is 322 g/mol. The highest BCUT2D eigenvalue weighted by molar-refractivity contribution is 5.78. The lowest BCUT2D eigenvalue weighted by molar-refractivity contribution is -0.148. The Labute approximate surface area is 124 Å². The molecule has 0 bridgehead atoms. The van der Waals surface area contributed by atoms with Crippen LogP contribution in [0.3, 0.4) is 0 Å². The molecule has 1 aliphatic rings. The number of esters is 1. The maximum Gasteiger partial charge on any atom is 0.340 e. The number of carbonyl (C=O) groups excluding carboxylic acids is 1. The van der Waals surface area contributed by atoms with Crippen LogP contribution in [0.2, 0.25) is 0 Å². The largest absolute Gasteiger partial charge is 0.487 e. The molecule has 0 aromatic heterocycles. The third-order valence-corrected chi connectivity index (χ3v) is 2.97. The van der Waals surface area contributed by atoms with Gasteiger partial charge in [0.15, 0.2) is 12.7 Å². The van der Waals surface area contributed by atoms with Crippen LogP contribution in [0.25, 0.3) is 0 Å². The predicted octanol–water partition coefficient (Wildman–Crippen LogP) is 2.97. The summed E-state index contributed by atoms with van der Waals surface area (Å²) in [4.78, 5) is 11.4. The monoisotopic (exact) mass is 322 g/mol. The molecule has 0 N–H and O–H groups in total. The van der Waals surface area contributed by atoms with Gasteiger partial charge in [0.2, 0.25) is 0 Å². The minimum atomic E-state index is -4.20. The molecule has 1 saturated heterocycles. The molecule has 122 valence electrons. The number of epoxide rings is 1. The van der Waals surface area contributed by atoms with E-state index in [1.807, 2.05) is 0 Å². The molecule has 8 heteroatoms. The molecule has 0 amide bonds.